The summed E-state index contributed by atoms with van der Waals surface area (Å²) in [5.74, 6) is -0.242. The summed E-state index contributed by atoms with van der Waals surface area (Å²) in [6.07, 6.45) is 2.03. The summed E-state index contributed by atoms with van der Waals surface area (Å²) in [6, 6.07) is 7.83. The number of anilines is 1. The normalized spacial score (nSPS) is 15.5. The van der Waals surface area contributed by atoms with E-state index in [4.69, 9.17) is 16.3 Å². The van der Waals surface area contributed by atoms with Crippen molar-refractivity contribution >= 4 is 34.1 Å². The average Bonchev–Trinajstić information content (AvgIpc) is 2.99. The number of carbonyl (C=O) groups excluding carboxylic acids is 1. The molecule has 2 heterocycles. The van der Waals surface area contributed by atoms with E-state index in [1.165, 1.54) is 12.1 Å². The number of likely N-dealkylation sites (N-methyl/N-ethyl adjacent to an activating group) is 1. The Kier molecular flexibility index (Phi) is 5.38. The predicted molar refractivity (Wildman–Crippen MR) is 96.7 cm³/mol. The number of benzene rings is 1. The lowest BCUT2D eigenvalue weighted by molar-refractivity contribution is -0.616. The molecule has 0 atom stereocenters. The number of hydrogen-bond acceptors (Lipinski definition) is 5. The van der Waals surface area contributed by atoms with Gasteiger partial charge in [-0.2, -0.15) is 0 Å². The summed E-state index contributed by atoms with van der Waals surface area (Å²) in [5, 5.41) is 1.91. The zero-order valence-corrected chi connectivity index (χ0v) is 15.4. The van der Waals surface area contributed by atoms with E-state index < -0.39 is 0 Å². The van der Waals surface area contributed by atoms with Crippen LogP contribution < -0.4 is 8.86 Å². The van der Waals surface area contributed by atoms with Gasteiger partial charge in [-0.15, -0.1) is 3.96 Å². The smallest absolute Gasteiger partial charge is 0.373 e. The van der Waals surface area contributed by atoms with Crippen molar-refractivity contribution in [1.82, 2.24) is 4.90 Å². The Morgan fingerprint density at radius 2 is 1.92 bits per heavy atom. The largest absolute Gasteiger partial charge is 0.464 e. The summed E-state index contributed by atoms with van der Waals surface area (Å²) in [5.41, 5.74) is 2.23. The Labute approximate surface area is 151 Å². The number of ether oxygens (including phenoxy) is 1. The highest BCUT2D eigenvalue weighted by atomic mass is 35.5. The SMILES string of the molecule is COC(=O)C[n+]1cc(-c2ccc(Cl)cc2)c(N2CCN(C)CC2)s1. The lowest BCUT2D eigenvalue weighted by Gasteiger charge is -2.32. The molecule has 2 aromatic rings. The van der Waals surface area contributed by atoms with Crippen molar-refractivity contribution in [3.05, 3.63) is 35.5 Å². The predicted octanol–water partition coefficient (Wildman–Crippen LogP) is 2.28. The Morgan fingerprint density at radius 1 is 1.25 bits per heavy atom. The van der Waals surface area contributed by atoms with Crippen molar-refractivity contribution in [3.63, 3.8) is 0 Å². The van der Waals surface area contributed by atoms with E-state index in [0.717, 1.165) is 42.3 Å². The fourth-order valence-electron chi connectivity index (χ4n) is 2.72. The first-order chi connectivity index (χ1) is 11.6. The average molecular weight is 367 g/mol. The van der Waals surface area contributed by atoms with E-state index in [0.29, 0.717) is 0 Å². The molecule has 1 aromatic carbocycles. The van der Waals surface area contributed by atoms with Crippen LogP contribution in [-0.2, 0) is 16.1 Å². The van der Waals surface area contributed by atoms with Crippen molar-refractivity contribution in [2.24, 2.45) is 0 Å². The number of esters is 1. The number of methoxy groups -OCH3 is 1. The standard InChI is InChI=1S/C17H21ClN3O2S/c1-19-7-9-20(10-8-19)17-15(13-3-5-14(18)6-4-13)11-21(24-17)12-16(22)23-2/h3-6,11H,7-10,12H2,1-2H3/q+1. The van der Waals surface area contributed by atoms with Crippen LogP contribution in [0.15, 0.2) is 30.5 Å². The number of aromatic nitrogens is 1. The third-order valence-electron chi connectivity index (χ3n) is 4.17. The first kappa shape index (κ1) is 17.2. The Balaban J connectivity index is 1.94. The van der Waals surface area contributed by atoms with Gasteiger partial charge in [0.1, 0.15) is 0 Å². The number of nitrogens with zero attached hydrogens (tertiary/aromatic N) is 3. The summed E-state index contributed by atoms with van der Waals surface area (Å²) in [7, 11) is 3.56. The molecule has 0 aliphatic carbocycles. The molecular weight excluding hydrogens is 346 g/mol. The van der Waals surface area contributed by atoms with E-state index in [-0.39, 0.29) is 12.5 Å². The maximum Gasteiger partial charge on any atom is 0.373 e. The molecule has 1 saturated heterocycles. The van der Waals surface area contributed by atoms with Crippen LogP contribution in [0.25, 0.3) is 11.1 Å². The maximum absolute atomic E-state index is 11.6. The van der Waals surface area contributed by atoms with Crippen molar-refractivity contribution < 1.29 is 13.5 Å². The molecule has 0 saturated carbocycles. The fourth-order valence-corrected chi connectivity index (χ4v) is 3.96. The second-order valence-electron chi connectivity index (χ2n) is 5.89. The van der Waals surface area contributed by atoms with E-state index in [1.807, 2.05) is 34.4 Å². The van der Waals surface area contributed by atoms with Crippen molar-refractivity contribution in [2.45, 2.75) is 6.54 Å². The summed E-state index contributed by atoms with van der Waals surface area (Å²) in [4.78, 5) is 16.3. The van der Waals surface area contributed by atoms with Crippen molar-refractivity contribution in [3.8, 4) is 11.1 Å². The third-order valence-corrected chi connectivity index (χ3v) is 5.54. The number of rotatable bonds is 4. The molecule has 128 valence electrons. The first-order valence-electron chi connectivity index (χ1n) is 7.87. The number of hydrogen-bond donors (Lipinski definition) is 0. The van der Waals surface area contributed by atoms with Gasteiger partial charge in [-0.05, 0) is 24.7 Å². The lowest BCUT2D eigenvalue weighted by Crippen LogP contribution is -2.44. The molecule has 0 spiro atoms. The molecule has 1 fully saturated rings. The van der Waals surface area contributed by atoms with E-state index in [9.17, 15) is 4.79 Å². The molecule has 0 amide bonds. The maximum atomic E-state index is 11.6. The minimum absolute atomic E-state index is 0.232. The van der Waals surface area contributed by atoms with Crippen LogP contribution in [0, 0.1) is 0 Å². The Hall–Kier alpha value is -1.63. The monoisotopic (exact) mass is 366 g/mol. The lowest BCUT2D eigenvalue weighted by atomic mass is 10.1. The van der Waals surface area contributed by atoms with Gasteiger partial charge in [0.2, 0.25) is 0 Å². The first-order valence-corrected chi connectivity index (χ1v) is 9.02. The number of piperazine rings is 1. The molecule has 5 nitrogen and oxygen atoms in total. The quantitative estimate of drug-likeness (QED) is 0.614. The van der Waals surface area contributed by atoms with Crippen molar-refractivity contribution in [1.29, 1.82) is 0 Å². The molecule has 7 heteroatoms. The van der Waals surface area contributed by atoms with E-state index >= 15 is 0 Å². The highest BCUT2D eigenvalue weighted by molar-refractivity contribution is 7.07. The van der Waals surface area contributed by atoms with E-state index in [2.05, 4.69) is 16.8 Å². The van der Waals surface area contributed by atoms with Gasteiger partial charge in [-0.1, -0.05) is 23.7 Å². The van der Waals surface area contributed by atoms with Crippen LogP contribution in [0.3, 0.4) is 0 Å². The minimum Gasteiger partial charge on any atom is -0.464 e. The van der Waals surface area contributed by atoms with Gasteiger partial charge in [0.25, 0.3) is 6.54 Å². The number of carbonyl (C=O) groups is 1. The zero-order valence-electron chi connectivity index (χ0n) is 13.9. The van der Waals surface area contributed by atoms with Gasteiger partial charge >= 0.3 is 5.97 Å². The molecule has 24 heavy (non-hydrogen) atoms. The van der Waals surface area contributed by atoms with E-state index in [1.54, 1.807) is 11.5 Å². The van der Waals surface area contributed by atoms with Gasteiger partial charge in [0.05, 0.1) is 12.7 Å². The van der Waals surface area contributed by atoms with Gasteiger partial charge in [0.15, 0.2) is 22.7 Å². The van der Waals surface area contributed by atoms with Gasteiger partial charge < -0.3 is 14.5 Å². The molecule has 0 bridgehead atoms. The highest BCUT2D eigenvalue weighted by Gasteiger charge is 2.26. The molecule has 0 radical (unpaired) electrons. The molecule has 1 aromatic heterocycles. The Bertz CT molecular complexity index is 709. The summed E-state index contributed by atoms with van der Waals surface area (Å²) >= 11 is 7.62. The highest BCUT2D eigenvalue weighted by Crippen LogP contribution is 2.34. The molecule has 1 aliphatic heterocycles. The van der Waals surface area contributed by atoms with Crippen molar-refractivity contribution in [2.75, 3.05) is 45.2 Å². The van der Waals surface area contributed by atoms with Gasteiger partial charge in [-0.3, -0.25) is 0 Å². The van der Waals surface area contributed by atoms with Crippen LogP contribution in [0.2, 0.25) is 5.02 Å². The topological polar surface area (TPSA) is 36.7 Å². The molecule has 3 rings (SSSR count). The van der Waals surface area contributed by atoms with Crippen LogP contribution in [0.1, 0.15) is 0 Å². The van der Waals surface area contributed by atoms with Crippen LogP contribution in [-0.4, -0.2) is 51.2 Å². The fraction of sp³-hybridized carbons (Fsp3) is 0.412. The second-order valence-corrected chi connectivity index (χ2v) is 7.36. The van der Waals surface area contributed by atoms with Crippen LogP contribution >= 0.6 is 23.1 Å². The zero-order chi connectivity index (χ0) is 17.1. The van der Waals surface area contributed by atoms with Gasteiger partial charge in [0, 0.05) is 31.2 Å². The molecule has 0 unspecified atom stereocenters. The van der Waals surface area contributed by atoms with Gasteiger partial charge in [-0.25, -0.2) is 4.79 Å². The Morgan fingerprint density at radius 3 is 2.54 bits per heavy atom. The van der Waals surface area contributed by atoms with Crippen LogP contribution in [0.4, 0.5) is 5.00 Å². The summed E-state index contributed by atoms with van der Waals surface area (Å²) in [6.45, 7) is 4.27. The molecular formula is C17H21ClN3O2S+. The second kappa shape index (κ2) is 7.51. The molecule has 1 aliphatic rings. The number of halogens is 1. The molecule has 0 N–H and O–H groups in total. The summed E-state index contributed by atoms with van der Waals surface area (Å²) < 4.78 is 6.73. The minimum atomic E-state index is -0.242. The van der Waals surface area contributed by atoms with Crippen LogP contribution in [0.5, 0.6) is 0 Å². The third kappa shape index (κ3) is 3.88.